The van der Waals surface area contributed by atoms with Gasteiger partial charge in [-0.25, -0.2) is 9.78 Å². The molecule has 134 valence electrons. The monoisotopic (exact) mass is 361 g/mol. The number of ether oxygens (including phenoxy) is 1. The largest absolute Gasteiger partial charge is 0.507 e. The number of aromatic hydroxyl groups is 1. The number of carbonyl (C=O) groups is 1. The fourth-order valence-corrected chi connectivity index (χ4v) is 3.17. The molecule has 0 saturated carbocycles. The molecule has 0 unspecified atom stereocenters. The summed E-state index contributed by atoms with van der Waals surface area (Å²) in [5, 5.41) is 20.5. The molecule has 0 bridgehead atoms. The number of fused-ring (bicyclic) bond motifs is 3. The summed E-state index contributed by atoms with van der Waals surface area (Å²) in [6.07, 6.45) is 1.67. The van der Waals surface area contributed by atoms with Crippen LogP contribution in [0.25, 0.3) is 27.7 Å². The fraction of sp³-hybridized carbons (Fsp3) is 0.150. The van der Waals surface area contributed by atoms with Crippen LogP contribution in [0.3, 0.4) is 0 Å². The molecule has 0 spiro atoms. The molecule has 0 radical (unpaired) electrons. The van der Waals surface area contributed by atoms with Gasteiger partial charge in [0.1, 0.15) is 22.9 Å². The van der Waals surface area contributed by atoms with E-state index in [9.17, 15) is 15.2 Å². The number of rotatable bonds is 3. The predicted octanol–water partition coefficient (Wildman–Crippen LogP) is 3.83. The van der Waals surface area contributed by atoms with E-state index in [0.29, 0.717) is 33.6 Å². The number of carbonyl (C=O) groups excluding carboxylic acids is 1. The Morgan fingerprint density at radius 3 is 2.89 bits per heavy atom. The molecule has 0 fully saturated rings. The summed E-state index contributed by atoms with van der Waals surface area (Å²) >= 11 is 0. The Morgan fingerprint density at radius 1 is 1.37 bits per heavy atom. The molecular weight excluding hydrogens is 346 g/mol. The summed E-state index contributed by atoms with van der Waals surface area (Å²) in [7, 11) is 0. The Kier molecular flexibility index (Phi) is 3.81. The van der Waals surface area contributed by atoms with Crippen molar-refractivity contribution in [1.82, 2.24) is 9.55 Å². The van der Waals surface area contributed by atoms with Gasteiger partial charge >= 0.3 is 5.97 Å². The molecule has 7 heteroatoms. The second-order valence-electron chi connectivity index (χ2n) is 5.99. The Labute approximate surface area is 154 Å². The van der Waals surface area contributed by atoms with Crippen LogP contribution < -0.4 is 0 Å². The van der Waals surface area contributed by atoms with Crippen LogP contribution in [0.5, 0.6) is 5.75 Å². The standard InChI is InChI=1S/C20H15N3O4/c1-3-26-20(25)14-5-4-13(8-16(14)24)23-10-12(9-21)18-15(23)6-7-17-19(18)22-11(2)27-17/h4-8,10,24H,3H2,1-2H3. The molecule has 0 atom stereocenters. The Hall–Kier alpha value is -3.79. The normalized spacial score (nSPS) is 11.0. The van der Waals surface area contributed by atoms with Gasteiger partial charge < -0.3 is 18.8 Å². The molecule has 0 aliphatic rings. The van der Waals surface area contributed by atoms with Gasteiger partial charge in [-0.05, 0) is 31.2 Å². The lowest BCUT2D eigenvalue weighted by Crippen LogP contribution is -2.05. The zero-order valence-corrected chi connectivity index (χ0v) is 14.7. The van der Waals surface area contributed by atoms with Gasteiger partial charge in [0.15, 0.2) is 11.5 Å². The number of hydrogen-bond donors (Lipinski definition) is 1. The van der Waals surface area contributed by atoms with E-state index in [4.69, 9.17) is 9.15 Å². The third kappa shape index (κ3) is 2.59. The minimum atomic E-state index is -0.587. The second kappa shape index (κ2) is 6.18. The minimum absolute atomic E-state index is 0.0899. The highest BCUT2D eigenvalue weighted by Crippen LogP contribution is 2.33. The third-order valence-corrected chi connectivity index (χ3v) is 4.31. The number of nitriles is 1. The van der Waals surface area contributed by atoms with E-state index in [2.05, 4.69) is 11.1 Å². The van der Waals surface area contributed by atoms with Crippen molar-refractivity contribution in [1.29, 1.82) is 5.26 Å². The molecule has 2 heterocycles. The molecule has 2 aromatic carbocycles. The summed E-state index contributed by atoms with van der Waals surface area (Å²) in [5.74, 6) is -0.258. The fourth-order valence-electron chi connectivity index (χ4n) is 3.17. The van der Waals surface area contributed by atoms with Gasteiger partial charge in [0, 0.05) is 30.3 Å². The van der Waals surface area contributed by atoms with Crippen molar-refractivity contribution in [3.8, 4) is 17.5 Å². The number of phenols is 1. The molecule has 0 saturated heterocycles. The van der Waals surface area contributed by atoms with Crippen LogP contribution in [0.15, 0.2) is 40.9 Å². The quantitative estimate of drug-likeness (QED) is 0.556. The number of nitrogens with zero attached hydrogens (tertiary/aromatic N) is 3. The van der Waals surface area contributed by atoms with Crippen LogP contribution >= 0.6 is 0 Å². The van der Waals surface area contributed by atoms with Gasteiger partial charge in [-0.15, -0.1) is 0 Å². The lowest BCUT2D eigenvalue weighted by atomic mass is 10.1. The summed E-state index contributed by atoms with van der Waals surface area (Å²) < 4.78 is 12.3. The van der Waals surface area contributed by atoms with Crippen molar-refractivity contribution in [2.45, 2.75) is 13.8 Å². The highest BCUT2D eigenvalue weighted by atomic mass is 16.5. The summed E-state index contributed by atoms with van der Waals surface area (Å²) in [4.78, 5) is 16.3. The number of esters is 1. The first-order valence-corrected chi connectivity index (χ1v) is 8.35. The number of aryl methyl sites for hydroxylation is 1. The van der Waals surface area contributed by atoms with E-state index in [0.717, 1.165) is 5.52 Å². The molecule has 0 amide bonds. The van der Waals surface area contributed by atoms with Crippen LogP contribution in [0, 0.1) is 18.3 Å². The molecular formula is C20H15N3O4. The summed E-state index contributed by atoms with van der Waals surface area (Å²) in [5.41, 5.74) is 3.11. The molecule has 0 aliphatic heterocycles. The van der Waals surface area contributed by atoms with Crippen LogP contribution in [0.4, 0.5) is 0 Å². The molecule has 1 N–H and O–H groups in total. The van der Waals surface area contributed by atoms with Crippen LogP contribution in [0.1, 0.15) is 28.7 Å². The topological polar surface area (TPSA) is 101 Å². The average Bonchev–Trinajstić information content (AvgIpc) is 3.20. The van der Waals surface area contributed by atoms with Crippen molar-refractivity contribution in [3.05, 3.63) is 53.5 Å². The van der Waals surface area contributed by atoms with Gasteiger partial charge in [-0.1, -0.05) is 0 Å². The highest BCUT2D eigenvalue weighted by molar-refractivity contribution is 6.06. The smallest absolute Gasteiger partial charge is 0.341 e. The van der Waals surface area contributed by atoms with E-state index >= 15 is 0 Å². The van der Waals surface area contributed by atoms with E-state index in [-0.39, 0.29) is 17.9 Å². The predicted molar refractivity (Wildman–Crippen MR) is 97.9 cm³/mol. The number of hydrogen-bond acceptors (Lipinski definition) is 6. The SMILES string of the molecule is CCOC(=O)c1ccc(-n2cc(C#N)c3c4nc(C)oc4ccc32)cc1O. The second-order valence-corrected chi connectivity index (χ2v) is 5.99. The first kappa shape index (κ1) is 16.7. The minimum Gasteiger partial charge on any atom is -0.507 e. The number of oxazole rings is 1. The maximum absolute atomic E-state index is 11.9. The number of phenolic OH excluding ortho intramolecular Hbond substituents is 1. The van der Waals surface area contributed by atoms with Gasteiger partial charge in [0.2, 0.25) is 0 Å². The third-order valence-electron chi connectivity index (χ3n) is 4.31. The van der Waals surface area contributed by atoms with Crippen molar-refractivity contribution < 1.29 is 19.1 Å². The summed E-state index contributed by atoms with van der Waals surface area (Å²) in [6.45, 7) is 3.67. The Bertz CT molecular complexity index is 1240. The number of aromatic nitrogens is 2. The molecule has 0 aliphatic carbocycles. The van der Waals surface area contributed by atoms with Gasteiger partial charge in [-0.2, -0.15) is 5.26 Å². The lowest BCUT2D eigenvalue weighted by Gasteiger charge is -2.09. The van der Waals surface area contributed by atoms with Crippen molar-refractivity contribution in [2.24, 2.45) is 0 Å². The van der Waals surface area contributed by atoms with E-state index in [1.54, 1.807) is 36.7 Å². The zero-order chi connectivity index (χ0) is 19.1. The van der Waals surface area contributed by atoms with E-state index in [1.165, 1.54) is 12.1 Å². The van der Waals surface area contributed by atoms with Crippen LogP contribution in [0.2, 0.25) is 0 Å². The lowest BCUT2D eigenvalue weighted by molar-refractivity contribution is 0.0523. The van der Waals surface area contributed by atoms with Gasteiger partial charge in [0.05, 0.1) is 17.7 Å². The number of benzene rings is 2. The van der Waals surface area contributed by atoms with Gasteiger partial charge in [0.25, 0.3) is 0 Å². The van der Waals surface area contributed by atoms with Crippen molar-refractivity contribution in [3.63, 3.8) is 0 Å². The molecule has 27 heavy (non-hydrogen) atoms. The molecule has 2 aromatic heterocycles. The maximum atomic E-state index is 11.9. The average molecular weight is 361 g/mol. The Morgan fingerprint density at radius 2 is 2.19 bits per heavy atom. The van der Waals surface area contributed by atoms with E-state index in [1.807, 2.05) is 6.07 Å². The first-order valence-electron chi connectivity index (χ1n) is 8.35. The Balaban J connectivity index is 1.92. The zero-order valence-electron chi connectivity index (χ0n) is 14.7. The maximum Gasteiger partial charge on any atom is 0.341 e. The first-order chi connectivity index (χ1) is 13.0. The van der Waals surface area contributed by atoms with Crippen molar-refractivity contribution >= 4 is 28.0 Å². The molecule has 4 rings (SSSR count). The van der Waals surface area contributed by atoms with Crippen molar-refractivity contribution in [2.75, 3.05) is 6.61 Å². The molecule has 4 aromatic rings. The molecule has 7 nitrogen and oxygen atoms in total. The highest BCUT2D eigenvalue weighted by Gasteiger charge is 2.18. The summed E-state index contributed by atoms with van der Waals surface area (Å²) in [6, 6.07) is 10.5. The van der Waals surface area contributed by atoms with Crippen LogP contribution in [-0.4, -0.2) is 27.2 Å². The van der Waals surface area contributed by atoms with Crippen LogP contribution in [-0.2, 0) is 4.74 Å². The van der Waals surface area contributed by atoms with Gasteiger partial charge in [-0.3, -0.25) is 0 Å². The van der Waals surface area contributed by atoms with E-state index < -0.39 is 5.97 Å².